The van der Waals surface area contributed by atoms with Gasteiger partial charge in [0.15, 0.2) is 0 Å². The third-order valence-corrected chi connectivity index (χ3v) is 9.31. The lowest BCUT2D eigenvalue weighted by atomic mass is 9.91. The zero-order chi connectivity index (χ0) is 33.5. The molecule has 4 aromatic rings. The number of amides is 1. The monoisotopic (exact) mass is 665 g/mol. The van der Waals surface area contributed by atoms with E-state index in [1.165, 1.54) is 6.20 Å². The minimum Gasteiger partial charge on any atom is -0.488 e. The molecule has 2 aliphatic heterocycles. The Hall–Kier alpha value is -4.46. The first kappa shape index (κ1) is 33.4. The lowest BCUT2D eigenvalue weighted by Crippen LogP contribution is -2.42. The fourth-order valence-corrected chi connectivity index (χ4v) is 6.47. The molecule has 0 spiro atoms. The van der Waals surface area contributed by atoms with Crippen LogP contribution < -0.4 is 14.8 Å². The van der Waals surface area contributed by atoms with E-state index in [1.54, 1.807) is 12.3 Å². The number of carbonyl (C=O) groups is 1. The highest BCUT2D eigenvalue weighted by molar-refractivity contribution is 6.32. The molecule has 6 rings (SSSR count). The van der Waals surface area contributed by atoms with E-state index >= 15 is 0 Å². The van der Waals surface area contributed by atoms with E-state index in [-0.39, 0.29) is 12.5 Å². The van der Waals surface area contributed by atoms with Gasteiger partial charge >= 0.3 is 0 Å². The van der Waals surface area contributed by atoms with Crippen LogP contribution >= 0.6 is 11.6 Å². The molecule has 0 atom stereocenters. The van der Waals surface area contributed by atoms with Crippen molar-refractivity contribution in [3.05, 3.63) is 111 Å². The SMILES string of the molecule is Cc1c(COc2cc(OCc3cncc(C#N)c3)c(CN3CCNCC3)cc2Cl)cccc1-c1cccc(C(=O)N2CCOCC2)c1C. The average molecular weight is 666 g/mol. The Morgan fingerprint density at radius 3 is 2.42 bits per heavy atom. The van der Waals surface area contributed by atoms with Crippen molar-refractivity contribution in [2.45, 2.75) is 33.6 Å². The standard InChI is InChI=1S/C38H40ClN5O4/c1-26-30(5-3-6-32(26)33-7-4-8-34(27(33)2)38(45)44-13-15-46-16-14-44)25-48-37-19-36(47-24-29-17-28(20-40)21-42-22-29)31(18-35(37)39)23-43-11-9-41-10-12-43/h3-8,17-19,21-22,41H,9-16,23-25H2,1-2H3. The van der Waals surface area contributed by atoms with Crippen molar-refractivity contribution in [2.75, 3.05) is 52.5 Å². The van der Waals surface area contributed by atoms with E-state index in [1.807, 2.05) is 42.2 Å². The molecule has 1 amide bonds. The first-order valence-electron chi connectivity index (χ1n) is 16.3. The minimum absolute atomic E-state index is 0.0388. The highest BCUT2D eigenvalue weighted by atomic mass is 35.5. The quantitative estimate of drug-likeness (QED) is 0.223. The minimum atomic E-state index is 0.0388. The maximum Gasteiger partial charge on any atom is 0.254 e. The number of benzene rings is 3. The number of ether oxygens (including phenoxy) is 3. The number of nitrogens with one attached hydrogen (secondary N) is 1. The normalized spacial score (nSPS) is 15.2. The molecule has 1 aromatic heterocycles. The van der Waals surface area contributed by atoms with Crippen molar-refractivity contribution in [1.82, 2.24) is 20.1 Å². The molecule has 0 aliphatic carbocycles. The van der Waals surface area contributed by atoms with Crippen LogP contribution in [0.3, 0.4) is 0 Å². The van der Waals surface area contributed by atoms with Gasteiger partial charge in [0.25, 0.3) is 5.91 Å². The third-order valence-electron chi connectivity index (χ3n) is 9.02. The number of pyridine rings is 1. The predicted octanol–water partition coefficient (Wildman–Crippen LogP) is 5.93. The maximum atomic E-state index is 13.4. The van der Waals surface area contributed by atoms with Crippen LogP contribution in [0.25, 0.3) is 11.1 Å². The van der Waals surface area contributed by atoms with Crippen LogP contribution in [-0.2, 0) is 24.5 Å². The van der Waals surface area contributed by atoms with Gasteiger partial charge < -0.3 is 24.4 Å². The van der Waals surface area contributed by atoms with E-state index in [9.17, 15) is 10.1 Å². The third kappa shape index (κ3) is 7.80. The molecule has 1 N–H and O–H groups in total. The number of halogens is 1. The second kappa shape index (κ2) is 15.6. The Balaban J connectivity index is 1.23. The Morgan fingerprint density at radius 2 is 1.65 bits per heavy atom. The number of hydrogen-bond donors (Lipinski definition) is 1. The molecular formula is C38H40ClN5O4. The number of nitrogens with zero attached hydrogens (tertiary/aromatic N) is 4. The number of hydrogen-bond acceptors (Lipinski definition) is 8. The molecule has 2 fully saturated rings. The van der Waals surface area contributed by atoms with Gasteiger partial charge in [0.2, 0.25) is 0 Å². The smallest absolute Gasteiger partial charge is 0.254 e. The highest BCUT2D eigenvalue weighted by Gasteiger charge is 2.22. The molecule has 0 bridgehead atoms. The summed E-state index contributed by atoms with van der Waals surface area (Å²) >= 11 is 6.84. The Morgan fingerprint density at radius 1 is 0.917 bits per heavy atom. The molecule has 2 aliphatic rings. The number of nitriles is 1. The van der Waals surface area contributed by atoms with Gasteiger partial charge in [-0.05, 0) is 59.9 Å². The van der Waals surface area contributed by atoms with Gasteiger partial charge in [0, 0.05) is 81.0 Å². The number of morpholine rings is 1. The van der Waals surface area contributed by atoms with Crippen molar-refractivity contribution in [3.63, 3.8) is 0 Å². The van der Waals surface area contributed by atoms with Crippen LogP contribution in [0.2, 0.25) is 5.02 Å². The van der Waals surface area contributed by atoms with Gasteiger partial charge in [0.05, 0.1) is 23.8 Å². The Labute approximate surface area is 287 Å². The van der Waals surface area contributed by atoms with E-state index in [0.29, 0.717) is 67.1 Å². The van der Waals surface area contributed by atoms with Crippen molar-refractivity contribution < 1.29 is 19.0 Å². The van der Waals surface area contributed by atoms with Crippen LogP contribution in [-0.4, -0.2) is 73.2 Å². The van der Waals surface area contributed by atoms with Gasteiger partial charge in [-0.2, -0.15) is 5.26 Å². The van der Waals surface area contributed by atoms with E-state index in [0.717, 1.165) is 65.1 Å². The average Bonchev–Trinajstić information content (AvgIpc) is 3.12. The fraction of sp³-hybridized carbons (Fsp3) is 0.342. The van der Waals surface area contributed by atoms with Crippen molar-refractivity contribution in [1.29, 1.82) is 5.26 Å². The summed E-state index contributed by atoms with van der Waals surface area (Å²) in [6.07, 6.45) is 3.24. The summed E-state index contributed by atoms with van der Waals surface area (Å²) in [5.41, 5.74) is 8.09. The molecule has 9 nitrogen and oxygen atoms in total. The first-order valence-corrected chi connectivity index (χ1v) is 16.7. The summed E-state index contributed by atoms with van der Waals surface area (Å²) in [6, 6.07) is 19.8. The molecule has 3 heterocycles. The van der Waals surface area contributed by atoms with E-state index in [4.69, 9.17) is 25.8 Å². The molecule has 2 saturated heterocycles. The number of piperazine rings is 1. The van der Waals surface area contributed by atoms with E-state index < -0.39 is 0 Å². The number of aromatic nitrogens is 1. The molecule has 10 heteroatoms. The van der Waals surface area contributed by atoms with Gasteiger partial charge in [-0.25, -0.2) is 0 Å². The second-order valence-electron chi connectivity index (χ2n) is 12.2. The van der Waals surface area contributed by atoms with Crippen LogP contribution in [0.1, 0.15) is 43.7 Å². The van der Waals surface area contributed by atoms with Crippen molar-refractivity contribution in [3.8, 4) is 28.7 Å². The van der Waals surface area contributed by atoms with Crippen molar-refractivity contribution >= 4 is 17.5 Å². The molecule has 3 aromatic carbocycles. The van der Waals surface area contributed by atoms with Crippen LogP contribution in [0.5, 0.6) is 11.5 Å². The van der Waals surface area contributed by atoms with Crippen LogP contribution in [0, 0.1) is 25.2 Å². The van der Waals surface area contributed by atoms with Gasteiger partial charge in [-0.1, -0.05) is 41.9 Å². The predicted molar refractivity (Wildman–Crippen MR) is 185 cm³/mol. The molecular weight excluding hydrogens is 626 g/mol. The van der Waals surface area contributed by atoms with Gasteiger partial charge in [-0.3, -0.25) is 14.7 Å². The van der Waals surface area contributed by atoms with Gasteiger partial charge in [0.1, 0.15) is 30.8 Å². The Bertz CT molecular complexity index is 1810. The number of carbonyl (C=O) groups excluding carboxylic acids is 1. The summed E-state index contributed by atoms with van der Waals surface area (Å²) in [5, 5.41) is 13.2. The molecule has 0 radical (unpaired) electrons. The maximum absolute atomic E-state index is 13.4. The first-order chi connectivity index (χ1) is 23.4. The molecule has 248 valence electrons. The van der Waals surface area contributed by atoms with E-state index in [2.05, 4.69) is 46.4 Å². The summed E-state index contributed by atoms with van der Waals surface area (Å²) in [6.45, 7) is 11.4. The largest absolute Gasteiger partial charge is 0.488 e. The lowest BCUT2D eigenvalue weighted by Gasteiger charge is -2.28. The van der Waals surface area contributed by atoms with Crippen LogP contribution in [0.4, 0.5) is 0 Å². The summed E-state index contributed by atoms with van der Waals surface area (Å²) < 4.78 is 18.2. The number of rotatable bonds is 10. The molecule has 0 unspecified atom stereocenters. The lowest BCUT2D eigenvalue weighted by molar-refractivity contribution is 0.0302. The van der Waals surface area contributed by atoms with Gasteiger partial charge in [-0.15, -0.1) is 0 Å². The summed E-state index contributed by atoms with van der Waals surface area (Å²) in [7, 11) is 0. The van der Waals surface area contributed by atoms with Crippen molar-refractivity contribution in [2.24, 2.45) is 0 Å². The zero-order valence-corrected chi connectivity index (χ0v) is 28.2. The second-order valence-corrected chi connectivity index (χ2v) is 12.6. The van der Waals surface area contributed by atoms with Crippen LogP contribution in [0.15, 0.2) is 67.0 Å². The topological polar surface area (TPSA) is 99.9 Å². The fourth-order valence-electron chi connectivity index (χ4n) is 6.23. The highest BCUT2D eigenvalue weighted by Crippen LogP contribution is 2.36. The zero-order valence-electron chi connectivity index (χ0n) is 27.4. The Kier molecular flexibility index (Phi) is 10.9. The summed E-state index contributed by atoms with van der Waals surface area (Å²) in [5.74, 6) is 1.24. The molecule has 0 saturated carbocycles. The summed E-state index contributed by atoms with van der Waals surface area (Å²) in [4.78, 5) is 21.8. The molecule has 48 heavy (non-hydrogen) atoms.